The predicted molar refractivity (Wildman–Crippen MR) is 112 cm³/mol. The third-order valence-electron chi connectivity index (χ3n) is 4.18. The first-order valence-electron chi connectivity index (χ1n) is 9.00. The van der Waals surface area contributed by atoms with Crippen LogP contribution >= 0.6 is 11.6 Å². The van der Waals surface area contributed by atoms with Gasteiger partial charge in [-0.15, -0.1) is 0 Å². The van der Waals surface area contributed by atoms with Crippen molar-refractivity contribution in [1.82, 2.24) is 9.78 Å². The molecule has 1 aromatic heterocycles. The minimum atomic E-state index is -0.985. The van der Waals surface area contributed by atoms with Crippen LogP contribution in [0, 0.1) is 17.0 Å². The summed E-state index contributed by atoms with van der Waals surface area (Å²) in [5.74, 6) is -0.959. The van der Waals surface area contributed by atoms with Crippen LogP contribution in [0.4, 0.5) is 11.4 Å². The molecule has 0 radical (unpaired) electrons. The van der Waals surface area contributed by atoms with Crippen molar-refractivity contribution in [3.05, 3.63) is 75.1 Å². The van der Waals surface area contributed by atoms with Crippen molar-refractivity contribution in [3.8, 4) is 11.5 Å². The number of carboxylic acids is 1. The van der Waals surface area contributed by atoms with Crippen LogP contribution in [0.5, 0.6) is 11.5 Å². The number of hydrogen-bond donors (Lipinski definition) is 2. The Kier molecular flexibility index (Phi) is 6.51. The maximum Gasteiger partial charge on any atom is 0.305 e. The summed E-state index contributed by atoms with van der Waals surface area (Å²) in [6, 6.07) is 8.84. The number of halogens is 1. The van der Waals surface area contributed by atoms with Crippen molar-refractivity contribution in [1.29, 1.82) is 0 Å². The number of benzene rings is 2. The number of nitrogens with one attached hydrogen (secondary N) is 1. The highest BCUT2D eigenvalue weighted by Crippen LogP contribution is 2.31. The number of amides is 1. The molecule has 0 aliphatic carbocycles. The second kappa shape index (κ2) is 9.26. The average Bonchev–Trinajstić information content (AvgIpc) is 3.18. The zero-order valence-electron chi connectivity index (χ0n) is 16.2. The summed E-state index contributed by atoms with van der Waals surface area (Å²) in [7, 11) is 0. The molecule has 0 atom stereocenters. The summed E-state index contributed by atoms with van der Waals surface area (Å²) in [6.45, 7) is 1.91. The lowest BCUT2D eigenvalue weighted by Crippen LogP contribution is -2.11. The molecular weight excluding hydrogens is 428 g/mol. The fraction of sp³-hybridized carbons (Fsp3) is 0.150. The highest BCUT2D eigenvalue weighted by Gasteiger charge is 2.15. The van der Waals surface area contributed by atoms with Gasteiger partial charge in [0.1, 0.15) is 11.5 Å². The first-order chi connectivity index (χ1) is 14.7. The normalized spacial score (nSPS) is 10.5. The van der Waals surface area contributed by atoms with E-state index in [0.29, 0.717) is 10.8 Å². The molecule has 11 heteroatoms. The van der Waals surface area contributed by atoms with Crippen LogP contribution in [0.15, 0.2) is 48.8 Å². The highest BCUT2D eigenvalue weighted by molar-refractivity contribution is 6.31. The molecule has 0 saturated carbocycles. The Labute approximate surface area is 181 Å². The number of aromatic nitrogens is 2. The lowest BCUT2D eigenvalue weighted by atomic mass is 10.2. The molecule has 10 nitrogen and oxygen atoms in total. The molecule has 0 aliphatic heterocycles. The van der Waals surface area contributed by atoms with E-state index in [2.05, 4.69) is 10.4 Å². The molecule has 0 fully saturated rings. The van der Waals surface area contributed by atoms with Crippen LogP contribution in [0.25, 0.3) is 0 Å². The molecule has 0 saturated heterocycles. The van der Waals surface area contributed by atoms with Crippen molar-refractivity contribution in [3.63, 3.8) is 0 Å². The number of nitrogens with zero attached hydrogens (tertiary/aromatic N) is 3. The second-order valence-electron chi connectivity index (χ2n) is 6.58. The van der Waals surface area contributed by atoms with E-state index >= 15 is 0 Å². The van der Waals surface area contributed by atoms with Gasteiger partial charge in [-0.05, 0) is 30.7 Å². The molecular formula is C20H17ClN4O6. The standard InChI is InChI=1S/C20H17ClN4O6/c1-12-6-16(2-3-18(12)21)31-17-8-14(7-15(9-17)25(29)30)23-20(28)13-10-22-24(11-13)5-4-19(26)27/h2-3,6-11H,4-5H2,1H3,(H,23,28)(H,26,27). The number of ether oxygens (including phenoxy) is 1. The molecule has 0 bridgehead atoms. The second-order valence-corrected chi connectivity index (χ2v) is 6.98. The summed E-state index contributed by atoms with van der Waals surface area (Å²) < 4.78 is 7.03. The summed E-state index contributed by atoms with van der Waals surface area (Å²) >= 11 is 6.00. The molecule has 0 unspecified atom stereocenters. The first-order valence-corrected chi connectivity index (χ1v) is 9.38. The summed E-state index contributed by atoms with van der Waals surface area (Å²) in [5.41, 5.74) is 0.833. The number of carbonyl (C=O) groups excluding carboxylic acids is 1. The van der Waals surface area contributed by atoms with E-state index in [0.717, 1.165) is 5.56 Å². The lowest BCUT2D eigenvalue weighted by Gasteiger charge is -2.10. The number of rotatable bonds is 8. The van der Waals surface area contributed by atoms with Crippen molar-refractivity contribution in [2.75, 3.05) is 5.32 Å². The average molecular weight is 445 g/mol. The fourth-order valence-corrected chi connectivity index (χ4v) is 2.77. The first kappa shape index (κ1) is 21.8. The van der Waals surface area contributed by atoms with Crippen LogP contribution in [0.1, 0.15) is 22.3 Å². The zero-order valence-corrected chi connectivity index (χ0v) is 17.0. The summed E-state index contributed by atoms with van der Waals surface area (Å²) in [4.78, 5) is 33.8. The molecule has 1 amide bonds. The lowest BCUT2D eigenvalue weighted by molar-refractivity contribution is -0.384. The minimum absolute atomic E-state index is 0.109. The number of nitro benzene ring substituents is 1. The van der Waals surface area contributed by atoms with Gasteiger partial charge in [0.2, 0.25) is 0 Å². The van der Waals surface area contributed by atoms with Gasteiger partial charge in [0.15, 0.2) is 0 Å². The van der Waals surface area contributed by atoms with Crippen molar-refractivity contribution in [2.24, 2.45) is 0 Å². The molecule has 3 aromatic rings. The third kappa shape index (κ3) is 5.80. The Hall–Kier alpha value is -3.92. The number of hydrogen-bond acceptors (Lipinski definition) is 6. The van der Waals surface area contributed by atoms with Gasteiger partial charge in [0.25, 0.3) is 11.6 Å². The molecule has 31 heavy (non-hydrogen) atoms. The van der Waals surface area contributed by atoms with Crippen LogP contribution in [0.2, 0.25) is 5.02 Å². The molecule has 160 valence electrons. The van der Waals surface area contributed by atoms with Crippen LogP contribution in [-0.4, -0.2) is 31.7 Å². The Bertz CT molecular complexity index is 1160. The number of non-ortho nitro benzene ring substituents is 1. The number of nitro groups is 1. The van der Waals surface area contributed by atoms with E-state index in [1.54, 1.807) is 25.1 Å². The number of anilines is 1. The van der Waals surface area contributed by atoms with Gasteiger partial charge in [0.05, 0.1) is 41.4 Å². The number of aliphatic carboxylic acids is 1. The van der Waals surface area contributed by atoms with E-state index in [1.165, 1.54) is 35.3 Å². The Morgan fingerprint density at radius 2 is 2.03 bits per heavy atom. The summed E-state index contributed by atoms with van der Waals surface area (Å²) in [5, 5.41) is 27.1. The molecule has 2 N–H and O–H groups in total. The SMILES string of the molecule is Cc1cc(Oc2cc(NC(=O)c3cnn(CCC(=O)O)c3)cc([N+](=O)[O-])c2)ccc1Cl. The van der Waals surface area contributed by atoms with Crippen LogP contribution in [0.3, 0.4) is 0 Å². The fourth-order valence-electron chi connectivity index (χ4n) is 2.65. The largest absolute Gasteiger partial charge is 0.481 e. The van der Waals surface area contributed by atoms with E-state index < -0.39 is 16.8 Å². The Morgan fingerprint density at radius 3 is 2.71 bits per heavy atom. The maximum absolute atomic E-state index is 12.5. The van der Waals surface area contributed by atoms with E-state index in [9.17, 15) is 19.7 Å². The van der Waals surface area contributed by atoms with Gasteiger partial charge >= 0.3 is 5.97 Å². The van der Waals surface area contributed by atoms with E-state index in [-0.39, 0.29) is 35.7 Å². The topological polar surface area (TPSA) is 137 Å². The van der Waals surface area contributed by atoms with Crippen LogP contribution in [-0.2, 0) is 11.3 Å². The monoisotopic (exact) mass is 444 g/mol. The van der Waals surface area contributed by atoms with Gasteiger partial charge in [-0.3, -0.25) is 24.4 Å². The van der Waals surface area contributed by atoms with Gasteiger partial charge in [-0.25, -0.2) is 0 Å². The molecule has 0 aliphatic rings. The van der Waals surface area contributed by atoms with Crippen LogP contribution < -0.4 is 10.1 Å². The van der Waals surface area contributed by atoms with E-state index in [4.69, 9.17) is 21.4 Å². The molecule has 2 aromatic carbocycles. The third-order valence-corrected chi connectivity index (χ3v) is 4.60. The molecule has 1 heterocycles. The molecule has 3 rings (SSSR count). The van der Waals surface area contributed by atoms with Gasteiger partial charge in [0, 0.05) is 23.4 Å². The maximum atomic E-state index is 12.5. The smallest absolute Gasteiger partial charge is 0.305 e. The Morgan fingerprint density at radius 1 is 1.26 bits per heavy atom. The van der Waals surface area contributed by atoms with Crippen molar-refractivity contribution < 1.29 is 24.4 Å². The number of aryl methyl sites for hydroxylation is 2. The summed E-state index contributed by atoms with van der Waals surface area (Å²) in [6.07, 6.45) is 2.53. The predicted octanol–water partition coefficient (Wildman–Crippen LogP) is 4.27. The van der Waals surface area contributed by atoms with Gasteiger partial charge < -0.3 is 15.2 Å². The van der Waals surface area contributed by atoms with Crippen molar-refractivity contribution in [2.45, 2.75) is 19.9 Å². The Balaban J connectivity index is 1.80. The molecule has 0 spiro atoms. The highest BCUT2D eigenvalue weighted by atomic mass is 35.5. The minimum Gasteiger partial charge on any atom is -0.481 e. The van der Waals surface area contributed by atoms with E-state index in [1.807, 2.05) is 0 Å². The number of carboxylic acid groups (broad SMARTS) is 1. The van der Waals surface area contributed by atoms with Gasteiger partial charge in [-0.1, -0.05) is 11.6 Å². The quantitative estimate of drug-likeness (QED) is 0.391. The van der Waals surface area contributed by atoms with Gasteiger partial charge in [-0.2, -0.15) is 5.10 Å². The number of carbonyl (C=O) groups is 2. The zero-order chi connectivity index (χ0) is 22.5. The van der Waals surface area contributed by atoms with Crippen molar-refractivity contribution >= 4 is 34.9 Å².